The zero-order valence-electron chi connectivity index (χ0n) is 5.70. The molecule has 0 amide bonds. The van der Waals surface area contributed by atoms with Gasteiger partial charge in [-0.2, -0.15) is 0 Å². The summed E-state index contributed by atoms with van der Waals surface area (Å²) in [6.07, 6.45) is 1.88. The Kier molecular flexibility index (Phi) is 2.65. The molecule has 3 nitrogen and oxygen atoms in total. The van der Waals surface area contributed by atoms with Crippen LogP contribution in [0.2, 0.25) is 0 Å². The molecule has 0 aromatic carbocycles. The molecule has 0 aliphatic rings. The highest BCUT2D eigenvalue weighted by Gasteiger charge is 1.96. The average Bonchev–Trinajstić information content (AvgIpc) is 2.31. The molecule has 0 aliphatic carbocycles. The summed E-state index contributed by atoms with van der Waals surface area (Å²) in [7, 11) is 1.65. The fraction of sp³-hybridized carbons (Fsp3) is 0.333. The zero-order chi connectivity index (χ0) is 7.40. The quantitative estimate of drug-likeness (QED) is 0.709. The van der Waals surface area contributed by atoms with E-state index in [-0.39, 0.29) is 0 Å². The summed E-state index contributed by atoms with van der Waals surface area (Å²) in [6, 6.07) is 0. The lowest BCUT2D eigenvalue weighted by molar-refractivity contribution is 0.225. The van der Waals surface area contributed by atoms with Crippen LogP contribution in [0.15, 0.2) is 5.38 Å². The van der Waals surface area contributed by atoms with E-state index in [2.05, 4.69) is 4.98 Å². The third-order valence-corrected chi connectivity index (χ3v) is 1.69. The molecule has 0 aliphatic heterocycles. The van der Waals surface area contributed by atoms with E-state index in [9.17, 15) is 0 Å². The number of hydrogen-bond donors (Lipinski definition) is 1. The van der Waals surface area contributed by atoms with Crippen LogP contribution in [0.4, 0.5) is 5.13 Å². The van der Waals surface area contributed by atoms with E-state index in [4.69, 9.17) is 10.5 Å². The van der Waals surface area contributed by atoms with Crippen molar-refractivity contribution in [3.8, 4) is 0 Å². The molecular formula is C6H9N2OS. The Hall–Kier alpha value is -0.610. The van der Waals surface area contributed by atoms with Gasteiger partial charge in [-0.15, -0.1) is 11.3 Å². The highest BCUT2D eigenvalue weighted by atomic mass is 32.1. The van der Waals surface area contributed by atoms with Crippen molar-refractivity contribution in [1.29, 1.82) is 0 Å². The molecule has 1 aromatic heterocycles. The van der Waals surface area contributed by atoms with Crippen LogP contribution in [-0.2, 0) is 4.74 Å². The molecule has 0 atom stereocenters. The molecule has 0 unspecified atom stereocenters. The largest absolute Gasteiger partial charge is 0.384 e. The number of thiazole rings is 1. The fourth-order valence-electron chi connectivity index (χ4n) is 0.563. The lowest BCUT2D eigenvalue weighted by atomic mass is 10.4. The minimum absolute atomic E-state index is 0.586. The zero-order valence-corrected chi connectivity index (χ0v) is 6.52. The van der Waals surface area contributed by atoms with Crippen molar-refractivity contribution in [3.63, 3.8) is 0 Å². The molecule has 1 radical (unpaired) electrons. The molecule has 0 saturated carbocycles. The van der Waals surface area contributed by atoms with Gasteiger partial charge in [0.15, 0.2) is 5.13 Å². The van der Waals surface area contributed by atoms with Crippen molar-refractivity contribution in [1.82, 2.24) is 4.98 Å². The van der Waals surface area contributed by atoms with Gasteiger partial charge in [-0.1, -0.05) is 0 Å². The second-order valence-electron chi connectivity index (χ2n) is 1.77. The number of anilines is 1. The van der Waals surface area contributed by atoms with Crippen molar-refractivity contribution < 1.29 is 4.74 Å². The molecule has 1 rings (SSSR count). The molecule has 1 aromatic rings. The van der Waals surface area contributed by atoms with Crippen LogP contribution in [0.5, 0.6) is 0 Å². The van der Waals surface area contributed by atoms with Gasteiger partial charge in [0.05, 0.1) is 12.3 Å². The maximum Gasteiger partial charge on any atom is 0.180 e. The molecule has 1 heterocycles. The highest BCUT2D eigenvalue weighted by molar-refractivity contribution is 7.13. The molecule has 0 fully saturated rings. The summed E-state index contributed by atoms with van der Waals surface area (Å²) in [5.74, 6) is 0. The van der Waals surface area contributed by atoms with Gasteiger partial charge >= 0.3 is 0 Å². The summed E-state index contributed by atoms with van der Waals surface area (Å²) in [5.41, 5.74) is 6.29. The third-order valence-electron chi connectivity index (χ3n) is 0.999. The van der Waals surface area contributed by atoms with Crippen molar-refractivity contribution in [2.24, 2.45) is 0 Å². The summed E-state index contributed by atoms with van der Waals surface area (Å²) < 4.78 is 4.82. The number of nitrogen functional groups attached to an aromatic ring is 1. The summed E-state index contributed by atoms with van der Waals surface area (Å²) in [4.78, 5) is 4.01. The first-order valence-electron chi connectivity index (χ1n) is 2.86. The van der Waals surface area contributed by atoms with Crippen molar-refractivity contribution in [2.45, 2.75) is 0 Å². The van der Waals surface area contributed by atoms with Crippen LogP contribution in [0.25, 0.3) is 0 Å². The monoisotopic (exact) mass is 157 g/mol. The number of nitrogens with two attached hydrogens (primary N) is 1. The van der Waals surface area contributed by atoms with Crippen molar-refractivity contribution in [3.05, 3.63) is 17.5 Å². The SMILES string of the molecule is COC[CH]c1csc(N)n1. The molecular weight excluding hydrogens is 148 g/mol. The van der Waals surface area contributed by atoms with E-state index in [0.717, 1.165) is 5.69 Å². The number of rotatable bonds is 3. The van der Waals surface area contributed by atoms with E-state index in [1.54, 1.807) is 7.11 Å². The summed E-state index contributed by atoms with van der Waals surface area (Å²) >= 11 is 1.43. The molecule has 0 saturated heterocycles. The first-order valence-corrected chi connectivity index (χ1v) is 3.74. The van der Waals surface area contributed by atoms with Crippen LogP contribution < -0.4 is 5.73 Å². The van der Waals surface area contributed by atoms with Gasteiger partial charge < -0.3 is 10.5 Å². The summed E-state index contributed by atoms with van der Waals surface area (Å²) in [6.45, 7) is 0.586. The van der Waals surface area contributed by atoms with E-state index in [0.29, 0.717) is 11.7 Å². The van der Waals surface area contributed by atoms with Crippen LogP contribution in [0.1, 0.15) is 5.69 Å². The van der Waals surface area contributed by atoms with Crippen LogP contribution in [-0.4, -0.2) is 18.7 Å². The number of ether oxygens (including phenoxy) is 1. The first kappa shape index (κ1) is 7.50. The molecule has 4 heteroatoms. The lowest BCUT2D eigenvalue weighted by Crippen LogP contribution is -1.92. The van der Waals surface area contributed by atoms with Crippen LogP contribution in [0, 0.1) is 6.42 Å². The number of nitrogens with zero attached hydrogens (tertiary/aromatic N) is 1. The number of methoxy groups -OCH3 is 1. The lowest BCUT2D eigenvalue weighted by Gasteiger charge is -1.91. The molecule has 0 bridgehead atoms. The predicted octanol–water partition coefficient (Wildman–Crippen LogP) is 0.924. The predicted molar refractivity (Wildman–Crippen MR) is 41.8 cm³/mol. The van der Waals surface area contributed by atoms with Gasteiger partial charge in [0.25, 0.3) is 0 Å². The van der Waals surface area contributed by atoms with Crippen LogP contribution >= 0.6 is 11.3 Å². The Morgan fingerprint density at radius 2 is 2.70 bits per heavy atom. The number of aromatic nitrogens is 1. The van der Waals surface area contributed by atoms with Crippen molar-refractivity contribution >= 4 is 16.5 Å². The summed E-state index contributed by atoms with van der Waals surface area (Å²) in [5, 5.41) is 2.50. The van der Waals surface area contributed by atoms with Gasteiger partial charge in [0.2, 0.25) is 0 Å². The second kappa shape index (κ2) is 3.53. The van der Waals surface area contributed by atoms with Gasteiger partial charge in [-0.25, -0.2) is 4.98 Å². The Balaban J connectivity index is 2.42. The fourth-order valence-corrected chi connectivity index (χ4v) is 1.11. The van der Waals surface area contributed by atoms with E-state index < -0.39 is 0 Å². The smallest absolute Gasteiger partial charge is 0.180 e. The van der Waals surface area contributed by atoms with Gasteiger partial charge in [0.1, 0.15) is 0 Å². The first-order chi connectivity index (χ1) is 4.83. The topological polar surface area (TPSA) is 48.1 Å². The number of hydrogen-bond acceptors (Lipinski definition) is 4. The normalized spacial score (nSPS) is 10.1. The molecule has 10 heavy (non-hydrogen) atoms. The minimum atomic E-state index is 0.586. The van der Waals surface area contributed by atoms with E-state index >= 15 is 0 Å². The Labute approximate surface area is 63.8 Å². The molecule has 0 spiro atoms. The minimum Gasteiger partial charge on any atom is -0.384 e. The maximum atomic E-state index is 5.40. The Morgan fingerprint density at radius 3 is 3.20 bits per heavy atom. The van der Waals surface area contributed by atoms with E-state index in [1.807, 2.05) is 11.8 Å². The van der Waals surface area contributed by atoms with Gasteiger partial charge in [0, 0.05) is 18.9 Å². The molecule has 55 valence electrons. The Morgan fingerprint density at radius 1 is 1.90 bits per heavy atom. The third kappa shape index (κ3) is 1.97. The van der Waals surface area contributed by atoms with Crippen LogP contribution in [0.3, 0.4) is 0 Å². The van der Waals surface area contributed by atoms with E-state index in [1.165, 1.54) is 11.3 Å². The molecule has 2 N–H and O–H groups in total. The average molecular weight is 157 g/mol. The standard InChI is InChI=1S/C6H9N2OS/c1-9-3-2-5-4-10-6(7)8-5/h2,4H,3H2,1H3,(H2,7,8). The van der Waals surface area contributed by atoms with Crippen molar-refractivity contribution in [2.75, 3.05) is 19.5 Å². The highest BCUT2D eigenvalue weighted by Crippen LogP contribution is 2.11. The van der Waals surface area contributed by atoms with Gasteiger partial charge in [-0.3, -0.25) is 0 Å². The van der Waals surface area contributed by atoms with Gasteiger partial charge in [-0.05, 0) is 0 Å². The second-order valence-corrected chi connectivity index (χ2v) is 2.66. The Bertz CT molecular complexity index is 199. The maximum absolute atomic E-state index is 5.40.